The molecule has 0 amide bonds. The van der Waals surface area contributed by atoms with Gasteiger partial charge in [-0.3, -0.25) is 0 Å². The van der Waals surface area contributed by atoms with Crippen LogP contribution in [0.15, 0.2) is 23.8 Å². The third kappa shape index (κ3) is 5.27. The Balaban J connectivity index is 1.42. The number of hydrogen-bond donors (Lipinski definition) is 1. The molecule has 8 atom stereocenters. The molecule has 4 unspecified atom stereocenters. The Morgan fingerprint density at radius 2 is 1.83 bits per heavy atom. The fourth-order valence-electron chi connectivity index (χ4n) is 9.10. The number of carbonyl (C=O) groups excluding carboxylic acids is 1. The number of carboxylic acids is 1. The predicted octanol–water partition coefficient (Wildman–Crippen LogP) is 7.58. The summed E-state index contributed by atoms with van der Waals surface area (Å²) in [7, 11) is 0. The van der Waals surface area contributed by atoms with Crippen LogP contribution in [-0.4, -0.2) is 23.1 Å². The molecule has 0 bridgehead atoms. The van der Waals surface area contributed by atoms with Gasteiger partial charge in [0.1, 0.15) is 6.10 Å². The van der Waals surface area contributed by atoms with Gasteiger partial charge in [0.25, 0.3) is 0 Å². The van der Waals surface area contributed by atoms with Crippen LogP contribution in [0.25, 0.3) is 0 Å². The van der Waals surface area contributed by atoms with Crippen molar-refractivity contribution in [1.29, 1.82) is 0 Å². The van der Waals surface area contributed by atoms with E-state index in [4.69, 9.17) is 9.84 Å². The van der Waals surface area contributed by atoms with Crippen LogP contribution in [0, 0.1) is 46.3 Å². The highest BCUT2D eigenvalue weighted by atomic mass is 16.5. The molecule has 0 spiro atoms. The maximum Gasteiger partial charge on any atom is 0.331 e. The zero-order valence-electron chi connectivity index (χ0n) is 22.7. The summed E-state index contributed by atoms with van der Waals surface area (Å²) in [5.74, 6) is 3.27. The van der Waals surface area contributed by atoms with Gasteiger partial charge in [0.2, 0.25) is 0 Å². The molecule has 0 aromatic carbocycles. The number of rotatable bonds is 8. The largest absolute Gasteiger partial charge is 0.478 e. The highest BCUT2D eigenvalue weighted by Crippen LogP contribution is 2.67. The van der Waals surface area contributed by atoms with Gasteiger partial charge in [0, 0.05) is 18.6 Å². The van der Waals surface area contributed by atoms with E-state index < -0.39 is 11.9 Å². The smallest absolute Gasteiger partial charge is 0.331 e. The summed E-state index contributed by atoms with van der Waals surface area (Å²) in [6, 6.07) is 0. The number of carboxylic acid groups (broad SMARTS) is 1. The quantitative estimate of drug-likeness (QED) is 0.219. The Kier molecular flexibility index (Phi) is 7.88. The van der Waals surface area contributed by atoms with Gasteiger partial charge in [0.05, 0.1) is 0 Å². The van der Waals surface area contributed by atoms with Crippen LogP contribution in [-0.2, 0) is 14.3 Å². The lowest BCUT2D eigenvalue weighted by atomic mass is 9.47. The fourth-order valence-corrected chi connectivity index (χ4v) is 9.10. The number of allylic oxidation sites excluding steroid dienone is 1. The maximum atomic E-state index is 12.0. The number of esters is 1. The van der Waals surface area contributed by atoms with Crippen molar-refractivity contribution < 1.29 is 19.4 Å². The summed E-state index contributed by atoms with van der Waals surface area (Å²) in [5.41, 5.74) is 2.22. The van der Waals surface area contributed by atoms with Gasteiger partial charge < -0.3 is 9.84 Å². The molecular weight excluding hydrogens is 436 g/mol. The molecule has 35 heavy (non-hydrogen) atoms. The van der Waals surface area contributed by atoms with Crippen LogP contribution in [0.5, 0.6) is 0 Å². The zero-order chi connectivity index (χ0) is 25.4. The molecule has 0 saturated heterocycles. The Morgan fingerprint density at radius 3 is 2.54 bits per heavy atom. The van der Waals surface area contributed by atoms with Gasteiger partial charge in [-0.05, 0) is 91.3 Å². The van der Waals surface area contributed by atoms with E-state index in [1.165, 1.54) is 56.9 Å². The van der Waals surface area contributed by atoms with Gasteiger partial charge in [-0.2, -0.15) is 0 Å². The fraction of sp³-hybridized carbons (Fsp3) is 0.806. The summed E-state index contributed by atoms with van der Waals surface area (Å²) in [6.07, 6.45) is 17.9. The Morgan fingerprint density at radius 1 is 1.06 bits per heavy atom. The molecule has 4 heteroatoms. The molecule has 0 aromatic heterocycles. The lowest BCUT2D eigenvalue weighted by Gasteiger charge is -2.58. The summed E-state index contributed by atoms with van der Waals surface area (Å²) >= 11 is 0. The topological polar surface area (TPSA) is 63.6 Å². The second-order valence-corrected chi connectivity index (χ2v) is 13.3. The van der Waals surface area contributed by atoms with E-state index >= 15 is 0 Å². The van der Waals surface area contributed by atoms with Gasteiger partial charge in [0.15, 0.2) is 0 Å². The van der Waals surface area contributed by atoms with Crippen molar-refractivity contribution in [3.63, 3.8) is 0 Å². The van der Waals surface area contributed by atoms with E-state index in [9.17, 15) is 9.59 Å². The van der Waals surface area contributed by atoms with Crippen molar-refractivity contribution in [3.8, 4) is 0 Å². The molecule has 1 N–H and O–H groups in total. The molecule has 0 aromatic rings. The summed E-state index contributed by atoms with van der Waals surface area (Å²) < 4.78 is 5.61. The number of hydrogen-bond acceptors (Lipinski definition) is 3. The highest BCUT2D eigenvalue weighted by molar-refractivity contribution is 5.90. The molecule has 4 nitrogen and oxygen atoms in total. The molecule has 4 aliphatic rings. The number of aliphatic carboxylic acids is 1. The minimum Gasteiger partial charge on any atom is -0.478 e. The van der Waals surface area contributed by atoms with Crippen LogP contribution >= 0.6 is 0 Å². The maximum absolute atomic E-state index is 12.0. The predicted molar refractivity (Wildman–Crippen MR) is 140 cm³/mol. The van der Waals surface area contributed by atoms with E-state index in [-0.39, 0.29) is 11.5 Å². The molecule has 4 aliphatic carbocycles. The van der Waals surface area contributed by atoms with Gasteiger partial charge in [-0.1, -0.05) is 65.5 Å². The standard InChI is InChI=1S/C31H48O4/c1-20(2)7-6-8-21(3)25-11-12-26-24-10-9-22-19-23(35-29(34)14-13-28(32)33)15-17-30(22,4)27(24)16-18-31(25,26)5/h9,13-14,20-21,23-27H,6-8,10-12,15-19H2,1-5H3,(H,32,33)/b14-13-/t21-,23?,24?,25-,26?,27?,30+,31-/m1/s1. The number of fused-ring (bicyclic) bond motifs is 5. The monoisotopic (exact) mass is 484 g/mol. The van der Waals surface area contributed by atoms with Crippen LogP contribution in [0.3, 0.4) is 0 Å². The van der Waals surface area contributed by atoms with E-state index in [2.05, 4.69) is 40.7 Å². The van der Waals surface area contributed by atoms with E-state index in [1.54, 1.807) is 0 Å². The van der Waals surface area contributed by atoms with Crippen molar-refractivity contribution in [1.82, 2.24) is 0 Å². The minimum atomic E-state index is -1.12. The van der Waals surface area contributed by atoms with Gasteiger partial charge in [-0.15, -0.1) is 0 Å². The molecule has 3 saturated carbocycles. The summed E-state index contributed by atoms with van der Waals surface area (Å²) in [4.78, 5) is 22.7. The van der Waals surface area contributed by atoms with E-state index in [0.29, 0.717) is 5.41 Å². The number of ether oxygens (including phenoxy) is 1. The summed E-state index contributed by atoms with van der Waals surface area (Å²) in [5, 5.41) is 8.75. The average molecular weight is 485 g/mol. The SMILES string of the molecule is CC(C)CCC[C@@H](C)[C@H]1CCC2C3CC=C4CC(OC(=O)/C=C\C(=O)O)CC[C@]4(C)C3CC[C@@]21C. The van der Waals surface area contributed by atoms with Crippen LogP contribution < -0.4 is 0 Å². The first-order chi connectivity index (χ1) is 16.5. The van der Waals surface area contributed by atoms with Crippen molar-refractivity contribution in [2.75, 3.05) is 0 Å². The first kappa shape index (κ1) is 26.5. The average Bonchev–Trinajstić information content (AvgIpc) is 3.15. The van der Waals surface area contributed by atoms with Crippen LogP contribution in [0.2, 0.25) is 0 Å². The second kappa shape index (κ2) is 10.4. The van der Waals surface area contributed by atoms with Crippen molar-refractivity contribution in [2.24, 2.45) is 46.3 Å². The second-order valence-electron chi connectivity index (χ2n) is 13.3. The first-order valence-electron chi connectivity index (χ1n) is 14.4. The highest BCUT2D eigenvalue weighted by Gasteiger charge is 2.59. The molecular formula is C31H48O4. The lowest BCUT2D eigenvalue weighted by molar-refractivity contribution is -0.146. The van der Waals surface area contributed by atoms with E-state index in [0.717, 1.165) is 66.9 Å². The summed E-state index contributed by atoms with van der Waals surface area (Å²) in [6.45, 7) is 12.4. The van der Waals surface area contributed by atoms with Crippen LogP contribution in [0.1, 0.15) is 105 Å². The molecule has 0 heterocycles. The van der Waals surface area contributed by atoms with Crippen LogP contribution in [0.4, 0.5) is 0 Å². The normalized spacial score (nSPS) is 39.5. The Labute approximate surface area is 213 Å². The Hall–Kier alpha value is -1.58. The zero-order valence-corrected chi connectivity index (χ0v) is 22.7. The molecule has 0 radical (unpaired) electrons. The van der Waals surface area contributed by atoms with E-state index in [1.807, 2.05) is 0 Å². The van der Waals surface area contributed by atoms with Gasteiger partial charge in [-0.25, -0.2) is 9.59 Å². The minimum absolute atomic E-state index is 0.131. The van der Waals surface area contributed by atoms with Crippen molar-refractivity contribution >= 4 is 11.9 Å². The third-order valence-corrected chi connectivity index (χ3v) is 10.9. The van der Waals surface area contributed by atoms with Crippen molar-refractivity contribution in [2.45, 2.75) is 111 Å². The first-order valence-corrected chi connectivity index (χ1v) is 14.4. The lowest BCUT2D eigenvalue weighted by Crippen LogP contribution is -2.51. The number of carbonyl (C=O) groups is 2. The molecule has 4 rings (SSSR count). The molecule has 0 aliphatic heterocycles. The molecule has 3 fully saturated rings. The Bertz CT molecular complexity index is 856. The molecule has 196 valence electrons. The van der Waals surface area contributed by atoms with Crippen molar-refractivity contribution in [3.05, 3.63) is 23.8 Å². The third-order valence-electron chi connectivity index (χ3n) is 10.9. The van der Waals surface area contributed by atoms with Gasteiger partial charge >= 0.3 is 11.9 Å².